The molecule has 39 heavy (non-hydrogen) atoms. The molecule has 0 aliphatic heterocycles. The second-order valence-electron chi connectivity index (χ2n) is 8.98. The van der Waals surface area contributed by atoms with E-state index >= 15 is 0 Å². The van der Waals surface area contributed by atoms with Gasteiger partial charge in [0.2, 0.25) is 0 Å². The number of rotatable bonds is 7. The lowest BCUT2D eigenvalue weighted by Gasteiger charge is -2.15. The molecule has 0 bridgehead atoms. The lowest BCUT2D eigenvalue weighted by atomic mass is 10.0. The van der Waals surface area contributed by atoms with Crippen molar-refractivity contribution in [2.45, 2.75) is 12.5 Å². The van der Waals surface area contributed by atoms with E-state index in [-0.39, 0.29) is 12.0 Å². The third-order valence-corrected chi connectivity index (χ3v) is 6.44. The van der Waals surface area contributed by atoms with Gasteiger partial charge in [-0.2, -0.15) is 0 Å². The minimum Gasteiger partial charge on any atom is -0.480 e. The van der Waals surface area contributed by atoms with E-state index in [2.05, 4.69) is 20.3 Å². The molecule has 0 unspecified atom stereocenters. The van der Waals surface area contributed by atoms with Gasteiger partial charge in [-0.1, -0.05) is 30.3 Å². The summed E-state index contributed by atoms with van der Waals surface area (Å²) in [7, 11) is 0. The number of hydrogen-bond acceptors (Lipinski definition) is 6. The minimum atomic E-state index is -1.12. The van der Waals surface area contributed by atoms with Gasteiger partial charge in [-0.05, 0) is 54.1 Å². The van der Waals surface area contributed by atoms with E-state index in [1.807, 2.05) is 60.7 Å². The maximum Gasteiger partial charge on any atom is 0.326 e. The van der Waals surface area contributed by atoms with Crippen molar-refractivity contribution in [3.05, 3.63) is 109 Å². The highest BCUT2D eigenvalue weighted by Crippen LogP contribution is 2.29. The Morgan fingerprint density at radius 2 is 1.49 bits per heavy atom. The van der Waals surface area contributed by atoms with Gasteiger partial charge in [0, 0.05) is 41.5 Å². The van der Waals surface area contributed by atoms with Crippen molar-refractivity contribution >= 4 is 33.8 Å². The van der Waals surface area contributed by atoms with Crippen LogP contribution in [-0.4, -0.2) is 47.9 Å². The van der Waals surface area contributed by atoms with E-state index in [0.717, 1.165) is 16.5 Å². The molecule has 0 fully saturated rings. The van der Waals surface area contributed by atoms with Crippen LogP contribution in [0.3, 0.4) is 0 Å². The van der Waals surface area contributed by atoms with Crippen LogP contribution < -0.4 is 5.32 Å². The maximum absolute atomic E-state index is 13.2. The standard InChI is InChI=1S/C30H22N6O3/c37-29(36-26(30(38)39)16-19-17-33-21-8-2-1-7-20(19)21)18-11-12-22-25(15-18)35-28(24-10-4-6-14-32-24)27(34-22)23-9-3-5-13-31-23/h1-15,17,26,33H,16H2,(H,36,37)(H,38,39)/t26-/m0/s1. The number of carboxylic acid groups (broad SMARTS) is 1. The second kappa shape index (κ2) is 10.1. The first kappa shape index (κ1) is 23.9. The van der Waals surface area contributed by atoms with Crippen molar-refractivity contribution in [2.24, 2.45) is 0 Å². The van der Waals surface area contributed by atoms with Crippen LogP contribution in [-0.2, 0) is 11.2 Å². The van der Waals surface area contributed by atoms with Gasteiger partial charge in [0.25, 0.3) is 5.91 Å². The molecule has 0 radical (unpaired) electrons. The number of hydrogen-bond donors (Lipinski definition) is 3. The third-order valence-electron chi connectivity index (χ3n) is 6.44. The van der Waals surface area contributed by atoms with Crippen LogP contribution >= 0.6 is 0 Å². The number of aromatic nitrogens is 5. The zero-order valence-corrected chi connectivity index (χ0v) is 20.6. The Balaban J connectivity index is 1.33. The van der Waals surface area contributed by atoms with Gasteiger partial charge in [-0.3, -0.25) is 14.8 Å². The zero-order chi connectivity index (χ0) is 26.8. The van der Waals surface area contributed by atoms with Crippen molar-refractivity contribution in [1.82, 2.24) is 30.2 Å². The van der Waals surface area contributed by atoms with E-state index in [4.69, 9.17) is 9.97 Å². The predicted octanol–water partition coefficient (Wildman–Crippen LogP) is 4.66. The fourth-order valence-corrected chi connectivity index (χ4v) is 4.52. The van der Waals surface area contributed by atoms with Crippen molar-refractivity contribution in [3.8, 4) is 22.8 Å². The van der Waals surface area contributed by atoms with Gasteiger partial charge < -0.3 is 15.4 Å². The summed E-state index contributed by atoms with van der Waals surface area (Å²) in [4.78, 5) is 46.9. The molecule has 2 aromatic carbocycles. The number of benzene rings is 2. The Hall–Kier alpha value is -5.44. The highest BCUT2D eigenvalue weighted by molar-refractivity contribution is 6.00. The fourth-order valence-electron chi connectivity index (χ4n) is 4.52. The summed E-state index contributed by atoms with van der Waals surface area (Å²) >= 11 is 0. The molecule has 9 nitrogen and oxygen atoms in total. The molecule has 190 valence electrons. The number of pyridine rings is 2. The topological polar surface area (TPSA) is 134 Å². The molecule has 3 N–H and O–H groups in total. The number of carboxylic acids is 1. The first-order valence-electron chi connectivity index (χ1n) is 12.3. The van der Waals surface area contributed by atoms with Gasteiger partial charge in [0.05, 0.1) is 22.4 Å². The van der Waals surface area contributed by atoms with Gasteiger partial charge >= 0.3 is 5.97 Å². The van der Waals surface area contributed by atoms with Crippen LogP contribution in [0.2, 0.25) is 0 Å². The highest BCUT2D eigenvalue weighted by Gasteiger charge is 2.23. The highest BCUT2D eigenvalue weighted by atomic mass is 16.4. The number of aliphatic carboxylic acids is 1. The number of nitrogens with zero attached hydrogens (tertiary/aromatic N) is 4. The van der Waals surface area contributed by atoms with E-state index in [9.17, 15) is 14.7 Å². The fraction of sp³-hybridized carbons (Fsp3) is 0.0667. The first-order valence-corrected chi connectivity index (χ1v) is 12.3. The molecular weight excluding hydrogens is 492 g/mol. The van der Waals surface area contributed by atoms with Crippen LogP contribution in [0, 0.1) is 0 Å². The average molecular weight is 515 g/mol. The molecule has 0 spiro atoms. The maximum atomic E-state index is 13.2. The van der Waals surface area contributed by atoms with Crippen molar-refractivity contribution in [2.75, 3.05) is 0 Å². The molecular formula is C30H22N6O3. The molecule has 4 heterocycles. The molecule has 6 aromatic rings. The Morgan fingerprint density at radius 1 is 0.821 bits per heavy atom. The first-order chi connectivity index (χ1) is 19.1. The summed E-state index contributed by atoms with van der Waals surface area (Å²) in [5.41, 5.74) is 5.41. The second-order valence-corrected chi connectivity index (χ2v) is 8.98. The normalized spacial score (nSPS) is 11.9. The molecule has 4 aromatic heterocycles. The Labute approximate surface area is 222 Å². The number of carbonyl (C=O) groups is 2. The SMILES string of the molecule is O=C(N[C@@H](Cc1c[nH]c2ccccc12)C(=O)O)c1ccc2nc(-c3ccccn3)c(-c3ccccn3)nc2c1. The predicted molar refractivity (Wildman–Crippen MR) is 147 cm³/mol. The summed E-state index contributed by atoms with van der Waals surface area (Å²) in [6.07, 6.45) is 5.27. The van der Waals surface area contributed by atoms with E-state index in [1.165, 1.54) is 0 Å². The Bertz CT molecular complexity index is 1820. The molecule has 6 rings (SSSR count). The molecule has 0 aliphatic carbocycles. The van der Waals surface area contributed by atoms with Crippen LogP contribution in [0.25, 0.3) is 44.7 Å². The number of carbonyl (C=O) groups excluding carboxylic acids is 1. The van der Waals surface area contributed by atoms with Crippen molar-refractivity contribution in [3.63, 3.8) is 0 Å². The Morgan fingerprint density at radius 3 is 2.15 bits per heavy atom. The van der Waals surface area contributed by atoms with Crippen LogP contribution in [0.4, 0.5) is 0 Å². The largest absolute Gasteiger partial charge is 0.480 e. The third kappa shape index (κ3) is 4.80. The number of H-pyrrole nitrogens is 1. The van der Waals surface area contributed by atoms with Gasteiger partial charge in [-0.25, -0.2) is 14.8 Å². The van der Waals surface area contributed by atoms with Crippen molar-refractivity contribution in [1.29, 1.82) is 0 Å². The summed E-state index contributed by atoms with van der Waals surface area (Å²) in [6, 6.07) is 22.5. The monoisotopic (exact) mass is 514 g/mol. The number of amides is 1. The molecule has 0 saturated heterocycles. The minimum absolute atomic E-state index is 0.135. The number of para-hydroxylation sites is 1. The molecule has 1 atom stereocenters. The molecule has 0 aliphatic rings. The molecule has 1 amide bonds. The summed E-state index contributed by atoms with van der Waals surface area (Å²) < 4.78 is 0. The Kier molecular flexibility index (Phi) is 6.22. The molecule has 9 heteroatoms. The zero-order valence-electron chi connectivity index (χ0n) is 20.6. The van der Waals surface area contributed by atoms with Crippen molar-refractivity contribution < 1.29 is 14.7 Å². The summed E-state index contributed by atoms with van der Waals surface area (Å²) in [6.45, 7) is 0. The van der Waals surface area contributed by atoms with Crippen LogP contribution in [0.15, 0.2) is 97.5 Å². The van der Waals surface area contributed by atoms with E-state index in [1.54, 1.807) is 36.8 Å². The average Bonchev–Trinajstić information content (AvgIpc) is 3.39. The lowest BCUT2D eigenvalue weighted by Crippen LogP contribution is -2.42. The quantitative estimate of drug-likeness (QED) is 0.282. The summed E-state index contributed by atoms with van der Waals surface area (Å²) in [5.74, 6) is -1.63. The number of aromatic amines is 1. The van der Waals surface area contributed by atoms with Crippen LogP contribution in [0.5, 0.6) is 0 Å². The van der Waals surface area contributed by atoms with E-state index in [0.29, 0.717) is 33.8 Å². The number of fused-ring (bicyclic) bond motifs is 2. The van der Waals surface area contributed by atoms with E-state index < -0.39 is 17.9 Å². The van der Waals surface area contributed by atoms with Gasteiger partial charge in [0.1, 0.15) is 17.4 Å². The smallest absolute Gasteiger partial charge is 0.326 e. The number of nitrogens with one attached hydrogen (secondary N) is 2. The molecule has 0 saturated carbocycles. The summed E-state index contributed by atoms with van der Waals surface area (Å²) in [5, 5.41) is 13.4. The lowest BCUT2D eigenvalue weighted by molar-refractivity contribution is -0.139. The van der Waals surface area contributed by atoms with Gasteiger partial charge in [0.15, 0.2) is 0 Å². The van der Waals surface area contributed by atoms with Gasteiger partial charge in [-0.15, -0.1) is 0 Å². The van der Waals surface area contributed by atoms with Crippen LogP contribution in [0.1, 0.15) is 15.9 Å².